The zero-order valence-electron chi connectivity index (χ0n) is 14.1. The molecule has 0 aliphatic heterocycles. The summed E-state index contributed by atoms with van der Waals surface area (Å²) in [6.45, 7) is 2.11. The van der Waals surface area contributed by atoms with Crippen LogP contribution in [0.3, 0.4) is 0 Å². The zero-order chi connectivity index (χ0) is 17.5. The highest BCUT2D eigenvalue weighted by Gasteiger charge is 2.15. The Labute approximate surface area is 146 Å². The third-order valence-corrected chi connectivity index (χ3v) is 3.80. The summed E-state index contributed by atoms with van der Waals surface area (Å²) in [5.74, 6) is 0.854. The minimum Gasteiger partial charge on any atom is -0.334 e. The van der Waals surface area contributed by atoms with Crippen LogP contribution < -0.4 is 5.32 Å². The van der Waals surface area contributed by atoms with Gasteiger partial charge in [0.2, 0.25) is 11.7 Å². The number of carbonyl (C=O) groups is 1. The predicted octanol–water partition coefficient (Wildman–Crippen LogP) is 4.32. The molecular weight excluding hydrogens is 316 g/mol. The summed E-state index contributed by atoms with van der Waals surface area (Å²) in [5.41, 5.74) is 2.21. The molecule has 0 spiro atoms. The fourth-order valence-electron chi connectivity index (χ4n) is 2.48. The van der Waals surface area contributed by atoms with Crippen molar-refractivity contribution in [3.63, 3.8) is 0 Å². The van der Waals surface area contributed by atoms with Crippen molar-refractivity contribution in [1.82, 2.24) is 15.1 Å². The first-order chi connectivity index (χ1) is 12.3. The molecule has 25 heavy (non-hydrogen) atoms. The summed E-state index contributed by atoms with van der Waals surface area (Å²) < 4.78 is 5.39. The fourth-order valence-corrected chi connectivity index (χ4v) is 2.48. The molecule has 1 N–H and O–H groups in total. The Morgan fingerprint density at radius 3 is 2.72 bits per heavy atom. The van der Waals surface area contributed by atoms with Crippen molar-refractivity contribution < 1.29 is 9.32 Å². The molecule has 0 fully saturated rings. The van der Waals surface area contributed by atoms with Crippen LogP contribution in [0.5, 0.6) is 0 Å². The van der Waals surface area contributed by atoms with E-state index in [1.165, 1.54) is 0 Å². The first-order valence-electron chi connectivity index (χ1n) is 8.41. The molecule has 1 aromatic carbocycles. The average Bonchev–Trinajstić information content (AvgIpc) is 3.13. The number of nitrogens with zero attached hydrogens (tertiary/aromatic N) is 3. The Hall–Kier alpha value is -3.02. The molecule has 3 rings (SSSR count). The second kappa shape index (κ2) is 8.19. The molecule has 6 nitrogen and oxygen atoms in total. The van der Waals surface area contributed by atoms with Gasteiger partial charge >= 0.3 is 0 Å². The van der Waals surface area contributed by atoms with Crippen LogP contribution in [-0.4, -0.2) is 21.0 Å². The van der Waals surface area contributed by atoms with Crippen LogP contribution in [0, 0.1) is 0 Å². The van der Waals surface area contributed by atoms with Gasteiger partial charge in [0.15, 0.2) is 0 Å². The number of hydrogen-bond donors (Lipinski definition) is 1. The fraction of sp³-hybridized carbons (Fsp3) is 0.263. The molecule has 0 radical (unpaired) electrons. The number of nitrogens with one attached hydrogen (secondary N) is 1. The van der Waals surface area contributed by atoms with Gasteiger partial charge in [0.05, 0.1) is 11.3 Å². The minimum absolute atomic E-state index is 0.00484. The lowest BCUT2D eigenvalue weighted by Gasteiger charge is -2.08. The van der Waals surface area contributed by atoms with E-state index in [1.54, 1.807) is 12.4 Å². The van der Waals surface area contributed by atoms with E-state index in [0.29, 0.717) is 29.4 Å². The standard InChI is InChI=1S/C19H20N4O2/c1-2-3-4-9-17(24)21-16-8-6-5-7-15(16)19-22-18(23-25-19)14-10-12-20-13-11-14/h5-8,10-13H,2-4,9H2,1H3,(H,21,24). The smallest absolute Gasteiger partial charge is 0.260 e. The first-order valence-corrected chi connectivity index (χ1v) is 8.41. The number of aromatic nitrogens is 3. The molecule has 0 aliphatic carbocycles. The summed E-state index contributed by atoms with van der Waals surface area (Å²) >= 11 is 0. The molecule has 6 heteroatoms. The number of carbonyl (C=O) groups excluding carboxylic acids is 1. The largest absolute Gasteiger partial charge is 0.334 e. The van der Waals surface area contributed by atoms with Gasteiger partial charge in [0.25, 0.3) is 5.89 Å². The highest BCUT2D eigenvalue weighted by Crippen LogP contribution is 2.28. The maximum Gasteiger partial charge on any atom is 0.260 e. The summed E-state index contributed by atoms with van der Waals surface area (Å²) in [4.78, 5) is 20.5. The zero-order valence-corrected chi connectivity index (χ0v) is 14.1. The van der Waals surface area contributed by atoms with E-state index in [0.717, 1.165) is 24.8 Å². The number of hydrogen-bond acceptors (Lipinski definition) is 5. The first kappa shape index (κ1) is 16.8. The Morgan fingerprint density at radius 2 is 1.92 bits per heavy atom. The summed E-state index contributed by atoms with van der Waals surface area (Å²) in [5, 5.41) is 6.96. The lowest BCUT2D eigenvalue weighted by molar-refractivity contribution is -0.116. The third-order valence-electron chi connectivity index (χ3n) is 3.80. The van der Waals surface area contributed by atoms with E-state index in [4.69, 9.17) is 4.52 Å². The molecule has 0 saturated heterocycles. The summed E-state index contributed by atoms with van der Waals surface area (Å²) in [6.07, 6.45) is 6.88. The lowest BCUT2D eigenvalue weighted by Crippen LogP contribution is -2.11. The van der Waals surface area contributed by atoms with Gasteiger partial charge < -0.3 is 9.84 Å². The Kier molecular flexibility index (Phi) is 5.51. The molecule has 0 atom stereocenters. The Bertz CT molecular complexity index is 830. The maximum atomic E-state index is 12.1. The van der Waals surface area contributed by atoms with Gasteiger partial charge in [-0.3, -0.25) is 9.78 Å². The number of anilines is 1. The molecule has 0 unspecified atom stereocenters. The van der Waals surface area contributed by atoms with Gasteiger partial charge in [0.1, 0.15) is 0 Å². The van der Waals surface area contributed by atoms with Gasteiger partial charge in [-0.05, 0) is 30.7 Å². The van der Waals surface area contributed by atoms with E-state index in [1.807, 2.05) is 36.4 Å². The maximum absolute atomic E-state index is 12.1. The highest BCUT2D eigenvalue weighted by atomic mass is 16.5. The molecule has 0 aliphatic rings. The van der Waals surface area contributed by atoms with Crippen LogP contribution in [-0.2, 0) is 4.79 Å². The monoisotopic (exact) mass is 336 g/mol. The molecule has 2 heterocycles. The van der Waals surface area contributed by atoms with Crippen LogP contribution in [0.2, 0.25) is 0 Å². The van der Waals surface area contributed by atoms with Crippen molar-refractivity contribution >= 4 is 11.6 Å². The summed E-state index contributed by atoms with van der Waals surface area (Å²) in [7, 11) is 0. The predicted molar refractivity (Wildman–Crippen MR) is 95.7 cm³/mol. The quantitative estimate of drug-likeness (QED) is 0.650. The minimum atomic E-state index is -0.00484. The van der Waals surface area contributed by atoms with Gasteiger partial charge in [0, 0.05) is 24.4 Å². The Balaban J connectivity index is 1.79. The second-order valence-corrected chi connectivity index (χ2v) is 5.71. The molecule has 128 valence electrons. The van der Waals surface area contributed by atoms with E-state index >= 15 is 0 Å². The van der Waals surface area contributed by atoms with E-state index in [9.17, 15) is 4.79 Å². The van der Waals surface area contributed by atoms with E-state index in [-0.39, 0.29) is 5.91 Å². The number of amides is 1. The molecule has 3 aromatic rings. The molecular formula is C19H20N4O2. The van der Waals surface area contributed by atoms with Crippen LogP contribution in [0.15, 0.2) is 53.3 Å². The highest BCUT2D eigenvalue weighted by molar-refractivity contribution is 5.94. The van der Waals surface area contributed by atoms with Crippen molar-refractivity contribution in [2.45, 2.75) is 32.6 Å². The van der Waals surface area contributed by atoms with Gasteiger partial charge in [-0.15, -0.1) is 0 Å². The number of pyridine rings is 1. The topological polar surface area (TPSA) is 80.9 Å². The second-order valence-electron chi connectivity index (χ2n) is 5.71. The van der Waals surface area contributed by atoms with Gasteiger partial charge in [-0.25, -0.2) is 0 Å². The molecule has 0 bridgehead atoms. The Morgan fingerprint density at radius 1 is 1.12 bits per heavy atom. The number of unbranched alkanes of at least 4 members (excludes halogenated alkanes) is 2. The average molecular weight is 336 g/mol. The van der Waals surface area contributed by atoms with Crippen molar-refractivity contribution in [2.75, 3.05) is 5.32 Å². The van der Waals surface area contributed by atoms with Crippen LogP contribution >= 0.6 is 0 Å². The lowest BCUT2D eigenvalue weighted by atomic mass is 10.1. The van der Waals surface area contributed by atoms with Gasteiger partial charge in [-0.1, -0.05) is 37.1 Å². The van der Waals surface area contributed by atoms with Crippen LogP contribution in [0.1, 0.15) is 32.6 Å². The van der Waals surface area contributed by atoms with Gasteiger partial charge in [-0.2, -0.15) is 4.98 Å². The van der Waals surface area contributed by atoms with E-state index < -0.39 is 0 Å². The number of para-hydroxylation sites is 1. The molecule has 0 saturated carbocycles. The van der Waals surface area contributed by atoms with Crippen molar-refractivity contribution in [3.05, 3.63) is 48.8 Å². The van der Waals surface area contributed by atoms with Crippen LogP contribution in [0.25, 0.3) is 22.8 Å². The molecule has 1 amide bonds. The molecule has 2 aromatic heterocycles. The normalized spacial score (nSPS) is 10.6. The van der Waals surface area contributed by atoms with Crippen molar-refractivity contribution in [1.29, 1.82) is 0 Å². The number of rotatable bonds is 7. The van der Waals surface area contributed by atoms with Crippen molar-refractivity contribution in [3.8, 4) is 22.8 Å². The van der Waals surface area contributed by atoms with Crippen LogP contribution in [0.4, 0.5) is 5.69 Å². The summed E-state index contributed by atoms with van der Waals surface area (Å²) in [6, 6.07) is 11.1. The van der Waals surface area contributed by atoms with Crippen molar-refractivity contribution in [2.24, 2.45) is 0 Å². The van der Waals surface area contributed by atoms with E-state index in [2.05, 4.69) is 27.4 Å². The third kappa shape index (κ3) is 4.29. The number of benzene rings is 1. The SMILES string of the molecule is CCCCCC(=O)Nc1ccccc1-c1nc(-c2ccncc2)no1.